The standard InChI is InChI=1S/C25H43NO18.6H2S/c1-7-13(26-9-2-8(3-27)14(33)18(37)15(9)34)17(36)20(39)24(41-7)44-23-12(6-30)42-25(21(40)19(23)38)43-22(11(32)5-29)16(35)10(31)4-28;;;;;;/h2,4,7,9-27,29-40H,3,5-6H2,1H3;6*1H2/t7-,9?,10?,11-,12?,13?,14-,15+,16-,17+,18?,19?,20?,21-,22?,23-,24?,25-;;;;;;/m1....../s1. The molecule has 0 spiro atoms. The second-order valence-electron chi connectivity index (χ2n) is 11.0. The lowest BCUT2D eigenvalue weighted by atomic mass is 9.86. The lowest BCUT2D eigenvalue weighted by molar-refractivity contribution is -0.361. The molecular weight excluding hydrogens is 795 g/mol. The van der Waals surface area contributed by atoms with E-state index >= 15 is 0 Å². The minimum atomic E-state index is -2.10. The van der Waals surface area contributed by atoms with Crippen molar-refractivity contribution >= 4 is 87.3 Å². The van der Waals surface area contributed by atoms with Crippen LogP contribution in [-0.2, 0) is 23.7 Å². The zero-order valence-electron chi connectivity index (χ0n) is 26.5. The van der Waals surface area contributed by atoms with Crippen LogP contribution in [0, 0.1) is 0 Å². The second-order valence-corrected chi connectivity index (χ2v) is 11.0. The molecule has 304 valence electrons. The van der Waals surface area contributed by atoms with Crippen LogP contribution in [0.3, 0.4) is 0 Å². The molecule has 0 aromatic carbocycles. The van der Waals surface area contributed by atoms with Gasteiger partial charge in [0.2, 0.25) is 0 Å². The van der Waals surface area contributed by atoms with E-state index < -0.39 is 130 Å². The van der Waals surface area contributed by atoms with Crippen molar-refractivity contribution in [2.75, 3.05) is 19.8 Å². The van der Waals surface area contributed by atoms with E-state index in [0.717, 1.165) is 0 Å². The number of ether oxygens (including phenoxy) is 4. The molecular formula is C25H55NO18S6. The molecule has 25 heteroatoms. The molecule has 19 nitrogen and oxygen atoms in total. The summed E-state index contributed by atoms with van der Waals surface area (Å²) in [6, 6.07) is -2.21. The summed E-state index contributed by atoms with van der Waals surface area (Å²) in [7, 11) is 0. The highest BCUT2D eigenvalue weighted by Gasteiger charge is 2.52. The van der Waals surface area contributed by atoms with Crippen LogP contribution in [0.5, 0.6) is 0 Å². The monoisotopic (exact) mass is 849 g/mol. The number of aliphatic hydroxyl groups is 13. The fraction of sp³-hybridized carbons (Fsp3) is 0.880. The molecule has 9 unspecified atom stereocenters. The van der Waals surface area contributed by atoms with Gasteiger partial charge in [0.1, 0.15) is 79.4 Å². The molecule has 18 atom stereocenters. The van der Waals surface area contributed by atoms with Crippen molar-refractivity contribution in [3.8, 4) is 0 Å². The second kappa shape index (κ2) is 25.8. The molecule has 1 aliphatic carbocycles. The lowest BCUT2D eigenvalue weighted by Gasteiger charge is -2.48. The zero-order valence-corrected chi connectivity index (χ0v) is 32.5. The van der Waals surface area contributed by atoms with Crippen molar-refractivity contribution in [1.82, 2.24) is 5.32 Å². The van der Waals surface area contributed by atoms with Crippen LogP contribution in [0.4, 0.5) is 0 Å². The number of hydrogen-bond acceptors (Lipinski definition) is 19. The molecule has 0 bridgehead atoms. The molecule has 2 saturated heterocycles. The molecule has 2 heterocycles. The first kappa shape index (κ1) is 57.5. The summed E-state index contributed by atoms with van der Waals surface area (Å²) in [5.74, 6) is 0. The summed E-state index contributed by atoms with van der Waals surface area (Å²) in [6.45, 7) is -1.08. The highest BCUT2D eigenvalue weighted by molar-refractivity contribution is 7.60. The minimum absolute atomic E-state index is 0. The molecule has 2 aliphatic heterocycles. The lowest BCUT2D eigenvalue weighted by Crippen LogP contribution is -2.68. The van der Waals surface area contributed by atoms with Gasteiger partial charge in [-0.25, -0.2) is 0 Å². The topological polar surface area (TPSA) is 329 Å². The first-order chi connectivity index (χ1) is 20.7. The molecule has 2 fully saturated rings. The van der Waals surface area contributed by atoms with E-state index in [9.17, 15) is 71.2 Å². The maximum Gasteiger partial charge on any atom is 0.187 e. The van der Waals surface area contributed by atoms with E-state index in [1.807, 2.05) is 0 Å². The molecule has 0 aromatic rings. The Bertz CT molecular complexity index is 969. The summed E-state index contributed by atoms with van der Waals surface area (Å²) >= 11 is 0. The first-order valence-corrected chi connectivity index (χ1v) is 13.9. The number of hydrogen-bond donors (Lipinski definition) is 14. The number of nitrogens with one attached hydrogen (secondary N) is 1. The molecule has 0 aromatic heterocycles. The Balaban J connectivity index is -0.00000176. The van der Waals surface area contributed by atoms with Crippen molar-refractivity contribution in [3.05, 3.63) is 11.6 Å². The number of rotatable bonds is 13. The van der Waals surface area contributed by atoms with Crippen LogP contribution in [-0.4, -0.2) is 203 Å². The van der Waals surface area contributed by atoms with Gasteiger partial charge in [-0.05, 0) is 12.5 Å². The van der Waals surface area contributed by atoms with Crippen LogP contribution in [0.2, 0.25) is 0 Å². The van der Waals surface area contributed by atoms with E-state index in [1.165, 1.54) is 13.0 Å². The predicted octanol–water partition coefficient (Wildman–Crippen LogP) is -8.05. The molecule has 0 radical (unpaired) electrons. The van der Waals surface area contributed by atoms with Gasteiger partial charge in [-0.1, -0.05) is 6.08 Å². The SMILES string of the molecule is C[C@H]1OC(O[C@@H]2C(CO)O[C@H](OC([C@H](O)C(O)C=O)[C@H](O)CO)[C@H](O)C2O)C(O)[C@@H](O)C1NC1C=C(CO)[C@@H](O)C(O)[C@H]1O.S.S.S.S.S.S. The molecule has 3 aliphatic rings. The largest absolute Gasteiger partial charge is 0.394 e. The summed E-state index contributed by atoms with van der Waals surface area (Å²) in [5.41, 5.74) is 0.00900. The average Bonchev–Trinajstić information content (AvgIpc) is 3.02. The summed E-state index contributed by atoms with van der Waals surface area (Å²) < 4.78 is 22.0. The first-order valence-electron chi connectivity index (χ1n) is 13.9. The van der Waals surface area contributed by atoms with Crippen LogP contribution in [0.1, 0.15) is 6.92 Å². The third-order valence-corrected chi connectivity index (χ3v) is 8.03. The smallest absolute Gasteiger partial charge is 0.187 e. The Morgan fingerprint density at radius 1 is 0.800 bits per heavy atom. The van der Waals surface area contributed by atoms with Gasteiger partial charge in [0.05, 0.1) is 38.0 Å². The molecule has 3 rings (SSSR count). The van der Waals surface area contributed by atoms with Gasteiger partial charge >= 0.3 is 0 Å². The normalized spacial score (nSPS) is 39.0. The molecule has 0 saturated carbocycles. The van der Waals surface area contributed by atoms with Crippen LogP contribution in [0.25, 0.3) is 0 Å². The Kier molecular flexibility index (Phi) is 29.7. The number of carbonyl (C=O) groups is 1. The van der Waals surface area contributed by atoms with Gasteiger partial charge in [0.25, 0.3) is 0 Å². The summed E-state index contributed by atoms with van der Waals surface area (Å²) in [4.78, 5) is 10.9. The molecule has 0 amide bonds. The maximum absolute atomic E-state index is 10.9. The van der Waals surface area contributed by atoms with Gasteiger partial charge < -0.3 is 95.4 Å². The van der Waals surface area contributed by atoms with Crippen LogP contribution < -0.4 is 5.32 Å². The maximum atomic E-state index is 10.9. The Hall–Kier alpha value is 0.790. The van der Waals surface area contributed by atoms with Crippen molar-refractivity contribution in [2.24, 2.45) is 0 Å². The average molecular weight is 850 g/mol. The Morgan fingerprint density at radius 3 is 1.86 bits per heavy atom. The fourth-order valence-electron chi connectivity index (χ4n) is 5.36. The summed E-state index contributed by atoms with van der Waals surface area (Å²) in [6.07, 6.45) is -26.8. The van der Waals surface area contributed by atoms with E-state index in [2.05, 4.69) is 5.32 Å². The molecule has 50 heavy (non-hydrogen) atoms. The van der Waals surface area contributed by atoms with Crippen molar-refractivity contribution in [3.63, 3.8) is 0 Å². The van der Waals surface area contributed by atoms with Crippen molar-refractivity contribution < 1.29 is 90.1 Å². The quantitative estimate of drug-likeness (QED) is 0.0605. The van der Waals surface area contributed by atoms with Crippen LogP contribution >= 0.6 is 81.0 Å². The van der Waals surface area contributed by atoms with E-state index in [4.69, 9.17) is 18.9 Å². The Morgan fingerprint density at radius 2 is 1.36 bits per heavy atom. The summed E-state index contributed by atoms with van der Waals surface area (Å²) in [5, 5.41) is 135. The van der Waals surface area contributed by atoms with Gasteiger partial charge in [-0.3, -0.25) is 0 Å². The van der Waals surface area contributed by atoms with Gasteiger partial charge in [-0.2, -0.15) is 81.0 Å². The Labute approximate surface area is 329 Å². The highest BCUT2D eigenvalue weighted by Crippen LogP contribution is 2.31. The van der Waals surface area contributed by atoms with Gasteiger partial charge in [0, 0.05) is 0 Å². The van der Waals surface area contributed by atoms with Crippen LogP contribution in [0.15, 0.2) is 11.6 Å². The van der Waals surface area contributed by atoms with Crippen molar-refractivity contribution in [2.45, 2.75) is 117 Å². The van der Waals surface area contributed by atoms with E-state index in [0.29, 0.717) is 0 Å². The predicted molar refractivity (Wildman–Crippen MR) is 201 cm³/mol. The number of aliphatic hydroxyl groups excluding tert-OH is 13. The zero-order chi connectivity index (χ0) is 33.0. The van der Waals surface area contributed by atoms with Gasteiger partial charge in [0.15, 0.2) is 18.9 Å². The molecule has 14 N–H and O–H groups in total. The third kappa shape index (κ3) is 12.9. The number of aldehydes is 1. The van der Waals surface area contributed by atoms with E-state index in [-0.39, 0.29) is 92.8 Å². The third-order valence-electron chi connectivity index (χ3n) is 8.03. The van der Waals surface area contributed by atoms with Gasteiger partial charge in [-0.15, -0.1) is 0 Å². The minimum Gasteiger partial charge on any atom is -0.394 e. The highest BCUT2D eigenvalue weighted by atomic mass is 32.1. The van der Waals surface area contributed by atoms with E-state index in [1.54, 1.807) is 0 Å². The van der Waals surface area contributed by atoms with Crippen molar-refractivity contribution in [1.29, 1.82) is 0 Å². The number of carbonyl (C=O) groups excluding carboxylic acids is 1. The fourth-order valence-corrected chi connectivity index (χ4v) is 5.36.